The van der Waals surface area contributed by atoms with Crippen molar-refractivity contribution < 1.29 is 8.42 Å². The van der Waals surface area contributed by atoms with Crippen molar-refractivity contribution in [3.8, 4) is 11.1 Å². The molecule has 2 aromatic rings. The summed E-state index contributed by atoms with van der Waals surface area (Å²) < 4.78 is 29.3. The van der Waals surface area contributed by atoms with Crippen LogP contribution in [0.15, 0.2) is 54.6 Å². The van der Waals surface area contributed by atoms with Crippen LogP contribution in [0.5, 0.6) is 0 Å². The summed E-state index contributed by atoms with van der Waals surface area (Å²) in [5.74, 6) is 0. The maximum absolute atomic E-state index is 13.0. The predicted molar refractivity (Wildman–Crippen MR) is 118 cm³/mol. The molecule has 6 heteroatoms. The van der Waals surface area contributed by atoms with E-state index in [1.54, 1.807) is 8.61 Å². The Bertz CT molecular complexity index is 868. The summed E-state index contributed by atoms with van der Waals surface area (Å²) in [4.78, 5) is 2.35. The third kappa shape index (κ3) is 5.07. The van der Waals surface area contributed by atoms with Crippen LogP contribution < -0.4 is 0 Å². The van der Waals surface area contributed by atoms with Crippen LogP contribution in [0, 0.1) is 0 Å². The lowest BCUT2D eigenvalue weighted by Gasteiger charge is -2.36. The first-order chi connectivity index (χ1) is 14.1. The molecule has 0 unspecified atom stereocenters. The second kappa shape index (κ2) is 9.39. The molecule has 2 saturated heterocycles. The summed E-state index contributed by atoms with van der Waals surface area (Å²) in [7, 11) is -3.30. The Morgan fingerprint density at radius 1 is 0.621 bits per heavy atom. The largest absolute Gasteiger partial charge is 0.296 e. The predicted octanol–water partition coefficient (Wildman–Crippen LogP) is 3.59. The number of hydrogen-bond acceptors (Lipinski definition) is 3. The molecule has 2 fully saturated rings. The first kappa shape index (κ1) is 20.5. The van der Waals surface area contributed by atoms with Gasteiger partial charge >= 0.3 is 0 Å². The highest BCUT2D eigenvalue weighted by atomic mass is 32.2. The molecule has 0 radical (unpaired) electrons. The average Bonchev–Trinajstić information content (AvgIpc) is 3.06. The lowest BCUT2D eigenvalue weighted by Crippen LogP contribution is -2.52. The van der Waals surface area contributed by atoms with Crippen molar-refractivity contribution >= 4 is 10.2 Å². The minimum Gasteiger partial charge on any atom is -0.296 e. The Morgan fingerprint density at radius 3 is 1.79 bits per heavy atom. The number of benzene rings is 2. The molecular formula is C23H31N3O2S. The third-order valence-electron chi connectivity index (χ3n) is 6.02. The standard InChI is InChI=1S/C23H31N3O2S/c27-29(28,25-14-6-1-2-7-15-25)26-18-16-24(17-19-26)20-21-10-12-23(13-11-21)22-8-4-3-5-9-22/h3-5,8-13H,1-2,6-7,14-20H2. The van der Waals surface area contributed by atoms with Crippen LogP contribution >= 0.6 is 0 Å². The summed E-state index contributed by atoms with van der Waals surface area (Å²) in [6.45, 7) is 4.96. The van der Waals surface area contributed by atoms with Crippen LogP contribution in [0.3, 0.4) is 0 Å². The lowest BCUT2D eigenvalue weighted by molar-refractivity contribution is 0.175. The molecule has 0 spiro atoms. The molecule has 0 N–H and O–H groups in total. The van der Waals surface area contributed by atoms with Crippen molar-refractivity contribution in [2.45, 2.75) is 32.2 Å². The van der Waals surface area contributed by atoms with Gasteiger partial charge in [0.15, 0.2) is 0 Å². The maximum Gasteiger partial charge on any atom is 0.282 e. The van der Waals surface area contributed by atoms with Gasteiger partial charge in [0.2, 0.25) is 0 Å². The minimum absolute atomic E-state index is 0.584. The zero-order valence-electron chi connectivity index (χ0n) is 17.0. The molecule has 5 nitrogen and oxygen atoms in total. The van der Waals surface area contributed by atoms with Gasteiger partial charge in [0.05, 0.1) is 0 Å². The van der Waals surface area contributed by atoms with Gasteiger partial charge < -0.3 is 0 Å². The van der Waals surface area contributed by atoms with Crippen molar-refractivity contribution in [1.29, 1.82) is 0 Å². The molecule has 0 aliphatic carbocycles. The van der Waals surface area contributed by atoms with E-state index in [0.29, 0.717) is 26.2 Å². The molecule has 0 saturated carbocycles. The third-order valence-corrected chi connectivity index (χ3v) is 8.05. The monoisotopic (exact) mass is 413 g/mol. The Hall–Kier alpha value is -1.73. The SMILES string of the molecule is O=S(=O)(N1CCCCCC1)N1CCN(Cc2ccc(-c3ccccc3)cc2)CC1. The zero-order valence-corrected chi connectivity index (χ0v) is 17.9. The second-order valence-electron chi connectivity index (χ2n) is 8.06. The number of piperazine rings is 1. The van der Waals surface area contributed by atoms with Gasteiger partial charge in [-0.15, -0.1) is 0 Å². The van der Waals surface area contributed by atoms with Crippen molar-refractivity contribution in [1.82, 2.24) is 13.5 Å². The van der Waals surface area contributed by atoms with E-state index in [4.69, 9.17) is 0 Å². The lowest BCUT2D eigenvalue weighted by atomic mass is 10.0. The van der Waals surface area contributed by atoms with Gasteiger partial charge in [-0.2, -0.15) is 17.0 Å². The molecule has 2 aromatic carbocycles. The van der Waals surface area contributed by atoms with Gasteiger partial charge in [-0.05, 0) is 29.5 Å². The fraction of sp³-hybridized carbons (Fsp3) is 0.478. The van der Waals surface area contributed by atoms with E-state index in [-0.39, 0.29) is 0 Å². The van der Waals surface area contributed by atoms with Gasteiger partial charge in [0.25, 0.3) is 10.2 Å². The molecule has 2 aliphatic rings. The van der Waals surface area contributed by atoms with Crippen LogP contribution in [0.2, 0.25) is 0 Å². The normalized spacial score (nSPS) is 20.4. The van der Waals surface area contributed by atoms with E-state index in [0.717, 1.165) is 45.3 Å². The van der Waals surface area contributed by atoms with Crippen molar-refractivity contribution in [3.05, 3.63) is 60.2 Å². The molecule has 29 heavy (non-hydrogen) atoms. The van der Waals surface area contributed by atoms with Crippen LogP contribution in [0.4, 0.5) is 0 Å². The number of nitrogens with zero attached hydrogens (tertiary/aromatic N) is 3. The molecule has 4 rings (SSSR count). The van der Waals surface area contributed by atoms with Crippen LogP contribution in [0.25, 0.3) is 11.1 Å². The highest BCUT2D eigenvalue weighted by Gasteiger charge is 2.32. The minimum atomic E-state index is -3.30. The highest BCUT2D eigenvalue weighted by molar-refractivity contribution is 7.86. The summed E-state index contributed by atoms with van der Waals surface area (Å²) in [5.41, 5.74) is 3.72. The molecule has 2 heterocycles. The van der Waals surface area contributed by atoms with Gasteiger partial charge in [-0.25, -0.2) is 0 Å². The number of hydrogen-bond donors (Lipinski definition) is 0. The van der Waals surface area contributed by atoms with E-state index in [1.807, 2.05) is 6.07 Å². The van der Waals surface area contributed by atoms with Gasteiger partial charge in [-0.1, -0.05) is 67.4 Å². The van der Waals surface area contributed by atoms with E-state index in [2.05, 4.69) is 53.4 Å². The first-order valence-corrected chi connectivity index (χ1v) is 12.1. The Morgan fingerprint density at radius 2 is 1.17 bits per heavy atom. The number of rotatable bonds is 5. The average molecular weight is 414 g/mol. The zero-order chi connectivity index (χ0) is 20.1. The summed E-state index contributed by atoms with van der Waals surface area (Å²) >= 11 is 0. The van der Waals surface area contributed by atoms with E-state index < -0.39 is 10.2 Å². The van der Waals surface area contributed by atoms with E-state index >= 15 is 0 Å². The summed E-state index contributed by atoms with van der Waals surface area (Å²) in [6, 6.07) is 19.1. The van der Waals surface area contributed by atoms with E-state index in [1.165, 1.54) is 16.7 Å². The highest BCUT2D eigenvalue weighted by Crippen LogP contribution is 2.21. The summed E-state index contributed by atoms with van der Waals surface area (Å²) in [5, 5.41) is 0. The van der Waals surface area contributed by atoms with Crippen molar-refractivity contribution in [2.24, 2.45) is 0 Å². The molecule has 0 bridgehead atoms. The molecule has 0 amide bonds. The van der Waals surface area contributed by atoms with E-state index in [9.17, 15) is 8.42 Å². The van der Waals surface area contributed by atoms with Gasteiger partial charge in [-0.3, -0.25) is 4.90 Å². The van der Waals surface area contributed by atoms with Crippen molar-refractivity contribution in [3.63, 3.8) is 0 Å². The maximum atomic E-state index is 13.0. The first-order valence-electron chi connectivity index (χ1n) is 10.7. The smallest absolute Gasteiger partial charge is 0.282 e. The van der Waals surface area contributed by atoms with Crippen LogP contribution in [-0.4, -0.2) is 61.2 Å². The quantitative estimate of drug-likeness (QED) is 0.752. The molecule has 156 valence electrons. The molecular weight excluding hydrogens is 382 g/mol. The Kier molecular flexibility index (Phi) is 6.65. The Labute approximate surface area is 175 Å². The molecule has 2 aliphatic heterocycles. The Balaban J connectivity index is 1.32. The fourth-order valence-electron chi connectivity index (χ4n) is 4.25. The molecule has 0 aromatic heterocycles. The van der Waals surface area contributed by atoms with Crippen LogP contribution in [-0.2, 0) is 16.8 Å². The fourth-order valence-corrected chi connectivity index (χ4v) is 5.92. The summed E-state index contributed by atoms with van der Waals surface area (Å²) in [6.07, 6.45) is 4.25. The molecule has 0 atom stereocenters. The van der Waals surface area contributed by atoms with Crippen LogP contribution in [0.1, 0.15) is 31.2 Å². The van der Waals surface area contributed by atoms with Crippen molar-refractivity contribution in [2.75, 3.05) is 39.3 Å². The topological polar surface area (TPSA) is 43.9 Å². The van der Waals surface area contributed by atoms with Gasteiger partial charge in [0.1, 0.15) is 0 Å². The van der Waals surface area contributed by atoms with Gasteiger partial charge in [0, 0.05) is 45.8 Å². The second-order valence-corrected chi connectivity index (χ2v) is 9.99.